The number of nitrogens with zero attached hydrogens (tertiary/aromatic N) is 1. The molecule has 0 aliphatic heterocycles. The SMILES string of the molecule is NC1CCCc2sc(-c3ccc(F)c4ccccc34)nc21. The molecule has 0 saturated heterocycles. The summed E-state index contributed by atoms with van der Waals surface area (Å²) < 4.78 is 13.9. The lowest BCUT2D eigenvalue weighted by molar-refractivity contribution is 0.564. The van der Waals surface area contributed by atoms with E-state index in [1.807, 2.05) is 30.3 Å². The highest BCUT2D eigenvalue weighted by Crippen LogP contribution is 2.38. The summed E-state index contributed by atoms with van der Waals surface area (Å²) in [6, 6.07) is 11.0. The molecule has 4 rings (SSSR count). The lowest BCUT2D eigenvalue weighted by Gasteiger charge is -2.15. The quantitative estimate of drug-likeness (QED) is 0.721. The average Bonchev–Trinajstić information content (AvgIpc) is 2.93. The predicted molar refractivity (Wildman–Crippen MR) is 84.9 cm³/mol. The molecule has 2 N–H and O–H groups in total. The van der Waals surface area contributed by atoms with Gasteiger partial charge in [-0.25, -0.2) is 9.37 Å². The number of halogens is 1. The van der Waals surface area contributed by atoms with Crippen molar-refractivity contribution < 1.29 is 4.39 Å². The van der Waals surface area contributed by atoms with Crippen LogP contribution in [0.5, 0.6) is 0 Å². The van der Waals surface area contributed by atoms with Gasteiger partial charge in [-0.2, -0.15) is 0 Å². The van der Waals surface area contributed by atoms with Gasteiger partial charge in [-0.1, -0.05) is 24.3 Å². The maximum Gasteiger partial charge on any atom is 0.131 e. The van der Waals surface area contributed by atoms with Crippen LogP contribution in [0.15, 0.2) is 36.4 Å². The molecule has 0 radical (unpaired) electrons. The highest BCUT2D eigenvalue weighted by molar-refractivity contribution is 7.15. The second kappa shape index (κ2) is 4.90. The van der Waals surface area contributed by atoms with Crippen molar-refractivity contribution in [1.29, 1.82) is 0 Å². The van der Waals surface area contributed by atoms with Crippen LogP contribution in [0.1, 0.15) is 29.5 Å². The number of hydrogen-bond donors (Lipinski definition) is 1. The lowest BCUT2D eigenvalue weighted by Crippen LogP contribution is -2.16. The first-order valence-electron chi connectivity index (χ1n) is 7.17. The molecule has 2 nitrogen and oxygen atoms in total. The predicted octanol–water partition coefficient (Wildman–Crippen LogP) is 4.44. The zero-order valence-electron chi connectivity index (χ0n) is 11.5. The molecule has 1 aromatic heterocycles. The Morgan fingerprint density at radius 2 is 1.95 bits per heavy atom. The van der Waals surface area contributed by atoms with E-state index in [1.54, 1.807) is 11.3 Å². The maximum absolute atomic E-state index is 13.9. The third-order valence-electron chi connectivity index (χ3n) is 4.10. The van der Waals surface area contributed by atoms with Gasteiger partial charge in [0.25, 0.3) is 0 Å². The van der Waals surface area contributed by atoms with Crippen LogP contribution in [-0.2, 0) is 6.42 Å². The normalized spacial score (nSPS) is 17.9. The third kappa shape index (κ3) is 2.06. The minimum absolute atomic E-state index is 0.0467. The molecule has 1 aliphatic rings. The van der Waals surface area contributed by atoms with Gasteiger partial charge in [0, 0.05) is 21.9 Å². The Labute approximate surface area is 126 Å². The number of thiazole rings is 1. The molecule has 1 heterocycles. The van der Waals surface area contributed by atoms with Crippen molar-refractivity contribution in [2.45, 2.75) is 25.3 Å². The van der Waals surface area contributed by atoms with Crippen LogP contribution >= 0.6 is 11.3 Å². The molecule has 2 aromatic carbocycles. The second-order valence-electron chi connectivity index (χ2n) is 5.47. The van der Waals surface area contributed by atoms with Gasteiger partial charge in [0.05, 0.1) is 5.69 Å². The molecule has 0 fully saturated rings. The first-order chi connectivity index (χ1) is 10.2. The summed E-state index contributed by atoms with van der Waals surface area (Å²) >= 11 is 1.70. The standard InChI is InChI=1S/C17H15FN2S/c18-13-9-8-12(10-4-1-2-5-11(10)13)17-20-16-14(19)6-3-7-15(16)21-17/h1-2,4-5,8-9,14H,3,6-7,19H2. The van der Waals surface area contributed by atoms with Crippen LogP contribution in [0, 0.1) is 5.82 Å². The highest BCUT2D eigenvalue weighted by Gasteiger charge is 2.23. The number of hydrogen-bond acceptors (Lipinski definition) is 3. The number of rotatable bonds is 1. The zero-order chi connectivity index (χ0) is 14.4. The Bertz CT molecular complexity index is 825. The summed E-state index contributed by atoms with van der Waals surface area (Å²) in [6.45, 7) is 0. The van der Waals surface area contributed by atoms with E-state index in [0.717, 1.165) is 40.9 Å². The first kappa shape index (κ1) is 12.9. The minimum atomic E-state index is -0.188. The number of aromatic nitrogens is 1. The Kier molecular flexibility index (Phi) is 3.01. The summed E-state index contributed by atoms with van der Waals surface area (Å²) in [5.41, 5.74) is 8.19. The fraction of sp³-hybridized carbons (Fsp3) is 0.235. The minimum Gasteiger partial charge on any atom is -0.323 e. The van der Waals surface area contributed by atoms with Crippen molar-refractivity contribution in [3.05, 3.63) is 52.8 Å². The average molecular weight is 298 g/mol. The Balaban J connectivity index is 1.93. The fourth-order valence-corrected chi connectivity index (χ4v) is 4.23. The molecular formula is C17H15FN2S. The molecule has 106 valence electrons. The Hall–Kier alpha value is -1.78. The van der Waals surface area contributed by atoms with Gasteiger partial charge in [-0.15, -0.1) is 11.3 Å². The van der Waals surface area contributed by atoms with E-state index >= 15 is 0 Å². The number of nitrogens with two attached hydrogens (primary N) is 1. The van der Waals surface area contributed by atoms with Crippen LogP contribution in [0.25, 0.3) is 21.3 Å². The first-order valence-corrected chi connectivity index (χ1v) is 7.98. The molecule has 1 unspecified atom stereocenters. The fourth-order valence-electron chi connectivity index (χ4n) is 3.02. The Morgan fingerprint density at radius 1 is 1.14 bits per heavy atom. The highest BCUT2D eigenvalue weighted by atomic mass is 32.1. The smallest absolute Gasteiger partial charge is 0.131 e. The third-order valence-corrected chi connectivity index (χ3v) is 5.26. The lowest BCUT2D eigenvalue weighted by atomic mass is 9.98. The molecule has 0 bridgehead atoms. The van der Waals surface area contributed by atoms with E-state index in [9.17, 15) is 4.39 Å². The van der Waals surface area contributed by atoms with Crippen molar-refractivity contribution in [2.24, 2.45) is 5.73 Å². The van der Waals surface area contributed by atoms with E-state index < -0.39 is 0 Å². The number of aryl methyl sites for hydroxylation is 1. The number of fused-ring (bicyclic) bond motifs is 2. The van der Waals surface area contributed by atoms with E-state index in [0.29, 0.717) is 5.39 Å². The molecule has 0 saturated carbocycles. The van der Waals surface area contributed by atoms with Crippen molar-refractivity contribution in [3.8, 4) is 10.6 Å². The molecule has 4 heteroatoms. The second-order valence-corrected chi connectivity index (χ2v) is 6.55. The van der Waals surface area contributed by atoms with Gasteiger partial charge in [-0.05, 0) is 36.8 Å². The molecule has 1 aliphatic carbocycles. The van der Waals surface area contributed by atoms with Gasteiger partial charge < -0.3 is 5.73 Å². The summed E-state index contributed by atoms with van der Waals surface area (Å²) in [7, 11) is 0. The van der Waals surface area contributed by atoms with Crippen molar-refractivity contribution in [3.63, 3.8) is 0 Å². The summed E-state index contributed by atoms with van der Waals surface area (Å²) in [5, 5.41) is 2.51. The topological polar surface area (TPSA) is 38.9 Å². The summed E-state index contributed by atoms with van der Waals surface area (Å²) in [4.78, 5) is 6.04. The molecule has 1 atom stereocenters. The molecule has 21 heavy (non-hydrogen) atoms. The van der Waals surface area contributed by atoms with E-state index in [2.05, 4.69) is 0 Å². The van der Waals surface area contributed by atoms with E-state index in [-0.39, 0.29) is 11.9 Å². The van der Waals surface area contributed by atoms with Crippen molar-refractivity contribution in [1.82, 2.24) is 4.98 Å². The zero-order valence-corrected chi connectivity index (χ0v) is 12.3. The summed E-state index contributed by atoms with van der Waals surface area (Å²) in [6.07, 6.45) is 3.18. The Morgan fingerprint density at radius 3 is 2.76 bits per heavy atom. The van der Waals surface area contributed by atoms with Gasteiger partial charge in [0.1, 0.15) is 10.8 Å². The van der Waals surface area contributed by atoms with Crippen LogP contribution in [0.2, 0.25) is 0 Å². The number of benzene rings is 2. The van der Waals surface area contributed by atoms with Crippen LogP contribution in [-0.4, -0.2) is 4.98 Å². The van der Waals surface area contributed by atoms with Crippen LogP contribution in [0.3, 0.4) is 0 Å². The van der Waals surface area contributed by atoms with E-state index in [4.69, 9.17) is 10.7 Å². The van der Waals surface area contributed by atoms with Gasteiger partial charge in [0.2, 0.25) is 0 Å². The van der Waals surface area contributed by atoms with Crippen molar-refractivity contribution in [2.75, 3.05) is 0 Å². The monoisotopic (exact) mass is 298 g/mol. The van der Waals surface area contributed by atoms with Crippen molar-refractivity contribution >= 4 is 22.1 Å². The largest absolute Gasteiger partial charge is 0.323 e. The van der Waals surface area contributed by atoms with Crippen LogP contribution < -0.4 is 5.73 Å². The molecule has 0 amide bonds. The van der Waals surface area contributed by atoms with E-state index in [1.165, 1.54) is 10.9 Å². The summed E-state index contributed by atoms with van der Waals surface area (Å²) in [5.74, 6) is -0.188. The van der Waals surface area contributed by atoms with Gasteiger partial charge in [0.15, 0.2) is 0 Å². The molecule has 3 aromatic rings. The van der Waals surface area contributed by atoms with Gasteiger partial charge >= 0.3 is 0 Å². The molecular weight excluding hydrogens is 283 g/mol. The van der Waals surface area contributed by atoms with Crippen LogP contribution in [0.4, 0.5) is 4.39 Å². The molecule has 0 spiro atoms. The maximum atomic E-state index is 13.9. The van der Waals surface area contributed by atoms with Gasteiger partial charge in [-0.3, -0.25) is 0 Å².